The fourth-order valence-corrected chi connectivity index (χ4v) is 3.22. The molecule has 3 N–H and O–H groups in total. The van der Waals surface area contributed by atoms with Gasteiger partial charge in [-0.1, -0.05) is 0 Å². The SMILES string of the molecule is Nc1scc2c1CN([C@@H]1CCC(=O)NC1)C2=O. The molecule has 0 aromatic carbocycles. The van der Waals surface area contributed by atoms with Crippen molar-refractivity contribution in [1.82, 2.24) is 10.2 Å². The third-order valence-corrected chi connectivity index (χ3v) is 4.28. The van der Waals surface area contributed by atoms with Gasteiger partial charge in [-0.3, -0.25) is 9.59 Å². The van der Waals surface area contributed by atoms with Crippen LogP contribution in [0.3, 0.4) is 0 Å². The number of carbonyl (C=O) groups is 2. The van der Waals surface area contributed by atoms with Crippen LogP contribution in [0.4, 0.5) is 5.00 Å². The Kier molecular flexibility index (Phi) is 2.32. The van der Waals surface area contributed by atoms with Crippen molar-refractivity contribution < 1.29 is 9.59 Å². The van der Waals surface area contributed by atoms with Crippen LogP contribution in [-0.4, -0.2) is 29.3 Å². The molecular weight excluding hydrogens is 238 g/mol. The molecule has 1 fully saturated rings. The maximum absolute atomic E-state index is 12.2. The number of fused-ring (bicyclic) bond motifs is 1. The first kappa shape index (κ1) is 10.6. The van der Waals surface area contributed by atoms with E-state index in [-0.39, 0.29) is 17.9 Å². The van der Waals surface area contributed by atoms with Crippen molar-refractivity contribution >= 4 is 28.2 Å². The predicted molar refractivity (Wildman–Crippen MR) is 64.6 cm³/mol. The van der Waals surface area contributed by atoms with Gasteiger partial charge in [0, 0.05) is 23.9 Å². The summed E-state index contributed by atoms with van der Waals surface area (Å²) < 4.78 is 0. The van der Waals surface area contributed by atoms with Crippen molar-refractivity contribution in [3.63, 3.8) is 0 Å². The normalized spacial score (nSPS) is 23.8. The average Bonchev–Trinajstić information content (AvgIpc) is 2.83. The average molecular weight is 251 g/mol. The minimum absolute atomic E-state index is 0.0501. The van der Waals surface area contributed by atoms with Crippen LogP contribution in [-0.2, 0) is 11.3 Å². The van der Waals surface area contributed by atoms with Gasteiger partial charge in [-0.15, -0.1) is 11.3 Å². The van der Waals surface area contributed by atoms with Gasteiger partial charge in [0.1, 0.15) is 0 Å². The summed E-state index contributed by atoms with van der Waals surface area (Å²) in [6, 6.07) is 0.108. The number of rotatable bonds is 1. The van der Waals surface area contributed by atoms with Crippen LogP contribution in [0.15, 0.2) is 5.38 Å². The molecule has 2 aliphatic rings. The molecule has 3 rings (SSSR count). The van der Waals surface area contributed by atoms with Gasteiger partial charge in [-0.2, -0.15) is 0 Å². The van der Waals surface area contributed by atoms with Gasteiger partial charge in [0.15, 0.2) is 0 Å². The van der Waals surface area contributed by atoms with Crippen LogP contribution < -0.4 is 11.1 Å². The van der Waals surface area contributed by atoms with Crippen molar-refractivity contribution in [2.24, 2.45) is 0 Å². The smallest absolute Gasteiger partial charge is 0.255 e. The highest BCUT2D eigenvalue weighted by Gasteiger charge is 2.36. The minimum Gasteiger partial charge on any atom is -0.390 e. The van der Waals surface area contributed by atoms with Crippen LogP contribution in [0, 0.1) is 0 Å². The van der Waals surface area contributed by atoms with E-state index in [0.29, 0.717) is 19.5 Å². The lowest BCUT2D eigenvalue weighted by atomic mass is 10.1. The molecule has 2 amide bonds. The summed E-state index contributed by atoms with van der Waals surface area (Å²) in [6.45, 7) is 1.14. The zero-order chi connectivity index (χ0) is 12.0. The van der Waals surface area contributed by atoms with E-state index >= 15 is 0 Å². The topological polar surface area (TPSA) is 75.4 Å². The first-order valence-electron chi connectivity index (χ1n) is 5.60. The van der Waals surface area contributed by atoms with Crippen LogP contribution in [0.2, 0.25) is 0 Å². The molecule has 90 valence electrons. The molecule has 5 nitrogen and oxygen atoms in total. The molecule has 0 spiro atoms. The summed E-state index contributed by atoms with van der Waals surface area (Å²) in [7, 11) is 0. The maximum Gasteiger partial charge on any atom is 0.255 e. The van der Waals surface area contributed by atoms with Crippen molar-refractivity contribution in [2.75, 3.05) is 12.3 Å². The first-order valence-corrected chi connectivity index (χ1v) is 6.48. The summed E-state index contributed by atoms with van der Waals surface area (Å²) in [5.74, 6) is 0.121. The third-order valence-electron chi connectivity index (χ3n) is 3.43. The molecule has 6 heteroatoms. The van der Waals surface area contributed by atoms with Crippen molar-refractivity contribution in [3.8, 4) is 0 Å². The van der Waals surface area contributed by atoms with Gasteiger partial charge >= 0.3 is 0 Å². The molecule has 2 aliphatic heterocycles. The van der Waals surface area contributed by atoms with E-state index in [4.69, 9.17) is 5.73 Å². The van der Waals surface area contributed by atoms with Crippen LogP contribution in [0.25, 0.3) is 0 Å². The summed E-state index contributed by atoms with van der Waals surface area (Å²) in [5.41, 5.74) is 7.53. The molecule has 3 heterocycles. The van der Waals surface area contributed by atoms with Gasteiger partial charge in [-0.05, 0) is 6.42 Å². The van der Waals surface area contributed by atoms with E-state index in [0.717, 1.165) is 22.5 Å². The number of hydrogen-bond donors (Lipinski definition) is 2. The van der Waals surface area contributed by atoms with E-state index < -0.39 is 0 Å². The number of anilines is 1. The number of hydrogen-bond acceptors (Lipinski definition) is 4. The third kappa shape index (κ3) is 1.59. The quantitative estimate of drug-likeness (QED) is 0.766. The molecule has 17 heavy (non-hydrogen) atoms. The van der Waals surface area contributed by atoms with Crippen molar-refractivity contribution in [3.05, 3.63) is 16.5 Å². The molecule has 0 unspecified atom stereocenters. The van der Waals surface area contributed by atoms with Gasteiger partial charge in [0.05, 0.1) is 23.2 Å². The molecule has 0 bridgehead atoms. The Morgan fingerprint density at radius 3 is 2.94 bits per heavy atom. The molecule has 1 atom stereocenters. The molecule has 0 radical (unpaired) electrons. The van der Waals surface area contributed by atoms with Crippen molar-refractivity contribution in [1.29, 1.82) is 0 Å². The zero-order valence-electron chi connectivity index (χ0n) is 9.23. The monoisotopic (exact) mass is 251 g/mol. The first-order chi connectivity index (χ1) is 8.16. The summed E-state index contributed by atoms with van der Waals surface area (Å²) in [6.07, 6.45) is 1.24. The minimum atomic E-state index is 0.0501. The Balaban J connectivity index is 1.80. The summed E-state index contributed by atoms with van der Waals surface area (Å²) in [5, 5.41) is 5.36. The molecule has 0 saturated carbocycles. The number of nitrogens with zero attached hydrogens (tertiary/aromatic N) is 1. The Morgan fingerprint density at radius 1 is 1.47 bits per heavy atom. The fourth-order valence-electron chi connectivity index (χ4n) is 2.42. The Hall–Kier alpha value is -1.56. The number of amides is 2. The van der Waals surface area contributed by atoms with E-state index in [1.54, 1.807) is 0 Å². The Morgan fingerprint density at radius 2 is 2.29 bits per heavy atom. The van der Waals surface area contributed by atoms with Gasteiger partial charge < -0.3 is 16.0 Å². The van der Waals surface area contributed by atoms with Gasteiger partial charge in [0.25, 0.3) is 5.91 Å². The number of carbonyl (C=O) groups excluding carboxylic acids is 2. The standard InChI is InChI=1S/C11H13N3O2S/c12-10-7-4-14(11(16)8(7)5-17-10)6-1-2-9(15)13-3-6/h5-6H,1-4,12H2,(H,13,15)/t6-/m1/s1. The van der Waals surface area contributed by atoms with Crippen LogP contribution in [0.5, 0.6) is 0 Å². The molecular formula is C11H13N3O2S. The lowest BCUT2D eigenvalue weighted by molar-refractivity contribution is -0.123. The maximum atomic E-state index is 12.2. The zero-order valence-corrected chi connectivity index (χ0v) is 10.0. The second-order valence-corrected chi connectivity index (χ2v) is 5.33. The molecule has 1 aromatic heterocycles. The van der Waals surface area contributed by atoms with E-state index in [2.05, 4.69) is 5.32 Å². The number of thiophene rings is 1. The summed E-state index contributed by atoms with van der Waals surface area (Å²) in [4.78, 5) is 25.1. The number of nitrogens with two attached hydrogens (primary N) is 1. The lowest BCUT2D eigenvalue weighted by Crippen LogP contribution is -2.48. The second kappa shape index (κ2) is 3.73. The lowest BCUT2D eigenvalue weighted by Gasteiger charge is -2.31. The highest BCUT2D eigenvalue weighted by molar-refractivity contribution is 7.14. The van der Waals surface area contributed by atoms with E-state index in [1.165, 1.54) is 11.3 Å². The van der Waals surface area contributed by atoms with E-state index in [1.807, 2.05) is 10.3 Å². The highest BCUT2D eigenvalue weighted by Crippen LogP contribution is 2.34. The second-order valence-electron chi connectivity index (χ2n) is 4.42. The fraction of sp³-hybridized carbons (Fsp3) is 0.455. The van der Waals surface area contributed by atoms with Crippen LogP contribution >= 0.6 is 11.3 Å². The predicted octanol–water partition coefficient (Wildman–Crippen LogP) is 0.565. The number of nitrogen functional groups attached to an aromatic ring is 1. The number of nitrogens with one attached hydrogen (secondary N) is 1. The molecule has 1 aromatic rings. The van der Waals surface area contributed by atoms with Gasteiger partial charge in [0.2, 0.25) is 5.91 Å². The summed E-state index contributed by atoms with van der Waals surface area (Å²) >= 11 is 1.42. The molecule has 0 aliphatic carbocycles. The molecule has 1 saturated heterocycles. The Labute approximate surface area is 103 Å². The largest absolute Gasteiger partial charge is 0.390 e. The van der Waals surface area contributed by atoms with E-state index in [9.17, 15) is 9.59 Å². The number of piperidine rings is 1. The van der Waals surface area contributed by atoms with Crippen molar-refractivity contribution in [2.45, 2.75) is 25.4 Å². The highest BCUT2D eigenvalue weighted by atomic mass is 32.1. The Bertz CT molecular complexity index is 487. The van der Waals surface area contributed by atoms with Crippen LogP contribution in [0.1, 0.15) is 28.8 Å². The van der Waals surface area contributed by atoms with Gasteiger partial charge in [-0.25, -0.2) is 0 Å².